The number of sulfonamides is 1. The van der Waals surface area contributed by atoms with Gasteiger partial charge < -0.3 is 14.9 Å². The van der Waals surface area contributed by atoms with Gasteiger partial charge in [0, 0.05) is 0 Å². The smallest absolute Gasteiger partial charge is 0.323 e. The number of phenols is 2. The van der Waals surface area contributed by atoms with Crippen molar-refractivity contribution in [1.29, 1.82) is 0 Å². The lowest BCUT2D eigenvalue weighted by atomic mass is 9.97. The molecule has 0 saturated carbocycles. The van der Waals surface area contributed by atoms with E-state index in [1.165, 1.54) is 13.0 Å². The van der Waals surface area contributed by atoms with Crippen molar-refractivity contribution in [3.63, 3.8) is 0 Å². The monoisotopic (exact) mass is 435 g/mol. The molecular weight excluding hydrogens is 406 g/mol. The Kier molecular flexibility index (Phi) is 7.86. The van der Waals surface area contributed by atoms with Crippen molar-refractivity contribution in [1.82, 2.24) is 4.72 Å². The molecule has 0 amide bonds. The lowest BCUT2D eigenvalue weighted by molar-refractivity contribution is -0.142. The van der Waals surface area contributed by atoms with E-state index in [0.717, 1.165) is 25.5 Å². The molecule has 0 aliphatic carbocycles. The Hall–Kier alpha value is -2.58. The summed E-state index contributed by atoms with van der Waals surface area (Å²) in [7, 11) is -3.12. The number of phenolic OH excluding ortho intramolecular Hbond substituents is 2. The van der Waals surface area contributed by atoms with E-state index in [-0.39, 0.29) is 16.2 Å². The Bertz CT molecular complexity index is 1020. The van der Waals surface area contributed by atoms with E-state index in [2.05, 4.69) is 9.46 Å². The highest BCUT2D eigenvalue weighted by molar-refractivity contribution is 7.89. The maximum atomic E-state index is 13.1. The van der Waals surface area contributed by atoms with Gasteiger partial charge in [-0.05, 0) is 43.9 Å². The minimum Gasteiger partial charge on any atom is -0.507 e. The van der Waals surface area contributed by atoms with Gasteiger partial charge in [-0.25, -0.2) is 8.42 Å². The summed E-state index contributed by atoms with van der Waals surface area (Å²) in [5.74, 6) is -1.50. The number of unbranched alkanes of at least 4 members (excludes halogenated alkanes) is 2. The van der Waals surface area contributed by atoms with Crippen molar-refractivity contribution >= 4 is 16.0 Å². The van der Waals surface area contributed by atoms with Gasteiger partial charge >= 0.3 is 5.97 Å². The number of nitrogens with one attached hydrogen (secondary N) is 1. The molecule has 0 aliphatic heterocycles. The zero-order valence-corrected chi connectivity index (χ0v) is 18.5. The molecule has 0 spiro atoms. The van der Waals surface area contributed by atoms with Crippen molar-refractivity contribution in [3.05, 3.63) is 41.5 Å². The van der Waals surface area contributed by atoms with E-state index < -0.39 is 27.8 Å². The van der Waals surface area contributed by atoms with Crippen LogP contribution in [0.2, 0.25) is 0 Å². The third-order valence-corrected chi connectivity index (χ3v) is 6.48. The van der Waals surface area contributed by atoms with Gasteiger partial charge in [-0.2, -0.15) is 4.72 Å². The van der Waals surface area contributed by atoms with Crippen molar-refractivity contribution in [2.45, 2.75) is 57.4 Å². The molecule has 0 fully saturated rings. The predicted molar refractivity (Wildman–Crippen MR) is 115 cm³/mol. The Morgan fingerprint density at radius 2 is 1.90 bits per heavy atom. The first-order chi connectivity index (χ1) is 14.1. The highest BCUT2D eigenvalue weighted by Crippen LogP contribution is 2.44. The van der Waals surface area contributed by atoms with Crippen molar-refractivity contribution < 1.29 is 28.2 Å². The second-order valence-electron chi connectivity index (χ2n) is 7.30. The topological polar surface area (TPSA) is 113 Å². The molecule has 0 aliphatic rings. The fourth-order valence-corrected chi connectivity index (χ4v) is 4.88. The largest absolute Gasteiger partial charge is 0.507 e. The molecule has 0 aromatic heterocycles. The average molecular weight is 436 g/mol. The van der Waals surface area contributed by atoms with Crippen LogP contribution >= 0.6 is 0 Å². The summed E-state index contributed by atoms with van der Waals surface area (Å²) in [5, 5.41) is 21.6. The van der Waals surface area contributed by atoms with Crippen LogP contribution in [-0.2, 0) is 26.0 Å². The number of benzene rings is 2. The van der Waals surface area contributed by atoms with Gasteiger partial charge in [0.15, 0.2) is 0 Å². The number of aromatic hydroxyl groups is 2. The molecule has 0 bridgehead atoms. The van der Waals surface area contributed by atoms with Crippen LogP contribution in [0.1, 0.15) is 44.2 Å². The lowest BCUT2D eigenvalue weighted by Crippen LogP contribution is -2.39. The second-order valence-corrected chi connectivity index (χ2v) is 8.95. The first-order valence-electron chi connectivity index (χ1n) is 9.87. The van der Waals surface area contributed by atoms with Crippen LogP contribution in [0.4, 0.5) is 0 Å². The summed E-state index contributed by atoms with van der Waals surface area (Å²) in [4.78, 5) is 11.4. The number of carbonyl (C=O) groups is 1. The van der Waals surface area contributed by atoms with Gasteiger partial charge in [0.25, 0.3) is 0 Å². The first-order valence-corrected chi connectivity index (χ1v) is 11.4. The molecule has 2 aromatic carbocycles. The number of hydrogen-bond acceptors (Lipinski definition) is 6. The zero-order valence-electron chi connectivity index (χ0n) is 17.7. The molecule has 0 heterocycles. The van der Waals surface area contributed by atoms with Crippen LogP contribution in [-0.4, -0.2) is 37.8 Å². The average Bonchev–Trinajstić information content (AvgIpc) is 2.66. The van der Waals surface area contributed by atoms with Crippen LogP contribution in [0.25, 0.3) is 11.1 Å². The summed E-state index contributed by atoms with van der Waals surface area (Å²) < 4.78 is 33.1. The number of methoxy groups -OCH3 is 1. The quantitative estimate of drug-likeness (QED) is 0.409. The van der Waals surface area contributed by atoms with Crippen molar-refractivity contribution in [3.8, 4) is 22.6 Å². The molecule has 8 heteroatoms. The van der Waals surface area contributed by atoms with Crippen molar-refractivity contribution in [2.75, 3.05) is 7.11 Å². The van der Waals surface area contributed by atoms with Gasteiger partial charge in [0.2, 0.25) is 10.0 Å². The molecule has 7 nitrogen and oxygen atoms in total. The minimum absolute atomic E-state index is 0.0315. The summed E-state index contributed by atoms with van der Waals surface area (Å²) in [6, 6.07) is 7.27. The highest BCUT2D eigenvalue weighted by atomic mass is 32.2. The van der Waals surface area contributed by atoms with Gasteiger partial charge in [0.05, 0.1) is 12.7 Å². The van der Waals surface area contributed by atoms with Crippen molar-refractivity contribution in [2.24, 2.45) is 0 Å². The molecule has 2 aromatic rings. The van der Waals surface area contributed by atoms with E-state index >= 15 is 0 Å². The van der Waals surface area contributed by atoms with Crippen LogP contribution in [0, 0.1) is 6.92 Å². The molecule has 0 unspecified atom stereocenters. The molecule has 0 saturated heterocycles. The maximum absolute atomic E-state index is 13.1. The Morgan fingerprint density at radius 1 is 1.20 bits per heavy atom. The Balaban J connectivity index is 2.67. The molecule has 3 N–H and O–H groups in total. The number of rotatable bonds is 9. The lowest BCUT2D eigenvalue weighted by Gasteiger charge is -2.19. The summed E-state index contributed by atoms with van der Waals surface area (Å²) in [6.07, 6.45) is 2.84. The number of esters is 1. The first kappa shape index (κ1) is 23.7. The second kappa shape index (κ2) is 9.95. The number of ether oxygens (including phenoxy) is 1. The molecule has 0 radical (unpaired) electrons. The highest BCUT2D eigenvalue weighted by Gasteiger charge is 2.30. The Morgan fingerprint density at radius 3 is 2.50 bits per heavy atom. The predicted octanol–water partition coefficient (Wildman–Crippen LogP) is 3.65. The maximum Gasteiger partial charge on any atom is 0.323 e. The normalized spacial score (nSPS) is 12.5. The van der Waals surface area contributed by atoms with Gasteiger partial charge in [0.1, 0.15) is 22.4 Å². The molecule has 164 valence electrons. The van der Waals surface area contributed by atoms with Gasteiger partial charge in [-0.15, -0.1) is 0 Å². The minimum atomic E-state index is -4.28. The van der Waals surface area contributed by atoms with Crippen LogP contribution < -0.4 is 4.72 Å². The van der Waals surface area contributed by atoms with Crippen LogP contribution in [0.15, 0.2) is 35.2 Å². The summed E-state index contributed by atoms with van der Waals surface area (Å²) in [5.41, 5.74) is 1.70. The van der Waals surface area contributed by atoms with E-state index in [1.807, 2.05) is 19.9 Å². The zero-order chi connectivity index (χ0) is 22.5. The third-order valence-electron chi connectivity index (χ3n) is 4.82. The fourth-order valence-electron chi connectivity index (χ4n) is 3.34. The number of aryl methyl sites for hydroxylation is 2. The molecule has 2 rings (SSSR count). The third kappa shape index (κ3) is 5.31. The number of hydrogen-bond donors (Lipinski definition) is 3. The SMILES string of the molecule is CCCCCc1cc(O)c(-c2cccc(C)c2)c(O)c1S(=O)(=O)N[C@@H](C)C(=O)OC. The van der Waals surface area contributed by atoms with Gasteiger partial charge in [-0.1, -0.05) is 49.6 Å². The standard InChI is InChI=1S/C22H29NO6S/c1-5-6-7-10-17-13-18(24)19(16-11-8-9-14(2)12-16)20(25)21(17)30(27,28)23-15(3)22(26)29-4/h8-9,11-13,15,23-25H,5-7,10H2,1-4H3/t15-/m0/s1. The van der Waals surface area contributed by atoms with E-state index in [0.29, 0.717) is 24.0 Å². The summed E-state index contributed by atoms with van der Waals surface area (Å²) in [6.45, 7) is 5.24. The van der Waals surface area contributed by atoms with Crippen LogP contribution in [0.3, 0.4) is 0 Å². The Labute approximate surface area is 177 Å². The number of carbonyl (C=O) groups excluding carboxylic acids is 1. The fraction of sp³-hybridized carbons (Fsp3) is 0.409. The van der Waals surface area contributed by atoms with Crippen LogP contribution in [0.5, 0.6) is 11.5 Å². The van der Waals surface area contributed by atoms with E-state index in [4.69, 9.17) is 0 Å². The molecular formula is C22H29NO6S. The van der Waals surface area contributed by atoms with E-state index in [9.17, 15) is 23.4 Å². The molecule has 30 heavy (non-hydrogen) atoms. The van der Waals surface area contributed by atoms with E-state index in [1.54, 1.807) is 18.2 Å². The summed E-state index contributed by atoms with van der Waals surface area (Å²) >= 11 is 0. The molecule has 1 atom stereocenters. The van der Waals surface area contributed by atoms with Gasteiger partial charge in [-0.3, -0.25) is 4.79 Å².